The van der Waals surface area contributed by atoms with Gasteiger partial charge in [0, 0.05) is 24.0 Å². The first kappa shape index (κ1) is 13.6. The highest BCUT2D eigenvalue weighted by molar-refractivity contribution is 5.40. The summed E-state index contributed by atoms with van der Waals surface area (Å²) in [5, 5.41) is 0. The van der Waals surface area contributed by atoms with Crippen LogP contribution in [0.4, 0.5) is 0 Å². The van der Waals surface area contributed by atoms with Crippen molar-refractivity contribution in [3.8, 4) is 5.75 Å². The van der Waals surface area contributed by atoms with Crippen molar-refractivity contribution in [2.24, 2.45) is 5.73 Å². The largest absolute Gasteiger partial charge is 0.487 e. The van der Waals surface area contributed by atoms with Crippen LogP contribution in [0.1, 0.15) is 29.8 Å². The molecule has 2 heterocycles. The summed E-state index contributed by atoms with van der Waals surface area (Å²) < 4.78 is 7.93. The number of aromatic nitrogens is 2. The van der Waals surface area contributed by atoms with Gasteiger partial charge in [0.15, 0.2) is 0 Å². The second-order valence-corrected chi connectivity index (χ2v) is 5.32. The molecule has 21 heavy (non-hydrogen) atoms. The number of hydrogen-bond donors (Lipinski definition) is 1. The number of hydrogen-bond acceptors (Lipinski definition) is 3. The van der Waals surface area contributed by atoms with Crippen LogP contribution < -0.4 is 10.5 Å². The lowest BCUT2D eigenvalue weighted by Gasteiger charge is -2.14. The number of benzene rings is 1. The van der Waals surface area contributed by atoms with Crippen molar-refractivity contribution in [3.63, 3.8) is 0 Å². The zero-order chi connectivity index (χ0) is 14.8. The minimum absolute atomic E-state index is 0.0540. The molecular weight excluding hydrogens is 262 g/mol. The molecule has 0 amide bonds. The summed E-state index contributed by atoms with van der Waals surface area (Å²) in [5.74, 6) is 0.835. The average Bonchev–Trinajstić information content (AvgIpc) is 2.87. The maximum atomic E-state index is 6.00. The van der Waals surface area contributed by atoms with Crippen LogP contribution in [0.3, 0.4) is 0 Å². The van der Waals surface area contributed by atoms with Crippen LogP contribution in [0.15, 0.2) is 48.8 Å². The van der Waals surface area contributed by atoms with Gasteiger partial charge in [-0.25, -0.2) is 4.98 Å². The number of fused-ring (bicyclic) bond motifs is 1. The molecule has 4 nitrogen and oxygen atoms in total. The average molecular weight is 281 g/mol. The number of imidazole rings is 1. The molecular formula is C17H19N3O. The summed E-state index contributed by atoms with van der Waals surface area (Å²) in [6, 6.07) is 12.0. The molecule has 0 saturated heterocycles. The van der Waals surface area contributed by atoms with Crippen LogP contribution in [-0.4, -0.2) is 9.38 Å². The van der Waals surface area contributed by atoms with Gasteiger partial charge in [-0.1, -0.05) is 18.2 Å². The molecule has 3 aromatic rings. The maximum Gasteiger partial charge on any atom is 0.137 e. The van der Waals surface area contributed by atoms with Gasteiger partial charge in [0.25, 0.3) is 0 Å². The zero-order valence-electron chi connectivity index (χ0n) is 12.3. The van der Waals surface area contributed by atoms with Gasteiger partial charge in [0.05, 0.1) is 5.69 Å². The molecule has 0 fully saturated rings. The molecule has 0 aliphatic carbocycles. The molecule has 3 rings (SSSR count). The fraction of sp³-hybridized carbons (Fsp3) is 0.235. The van der Waals surface area contributed by atoms with E-state index in [1.54, 1.807) is 0 Å². The van der Waals surface area contributed by atoms with Gasteiger partial charge in [0.2, 0.25) is 0 Å². The summed E-state index contributed by atoms with van der Waals surface area (Å²) >= 11 is 0. The van der Waals surface area contributed by atoms with Gasteiger partial charge in [-0.2, -0.15) is 0 Å². The Labute approximate surface area is 124 Å². The molecule has 0 bridgehead atoms. The fourth-order valence-electron chi connectivity index (χ4n) is 2.35. The summed E-state index contributed by atoms with van der Waals surface area (Å²) in [6.07, 6.45) is 3.96. The topological polar surface area (TPSA) is 52.5 Å². The molecule has 0 unspecified atom stereocenters. The first-order valence-electron chi connectivity index (χ1n) is 7.05. The Kier molecular flexibility index (Phi) is 3.62. The van der Waals surface area contributed by atoms with E-state index in [1.807, 2.05) is 61.0 Å². The van der Waals surface area contributed by atoms with E-state index < -0.39 is 0 Å². The highest BCUT2D eigenvalue weighted by Crippen LogP contribution is 2.25. The predicted molar refractivity (Wildman–Crippen MR) is 83.3 cm³/mol. The maximum absolute atomic E-state index is 6.00. The van der Waals surface area contributed by atoms with Crippen LogP contribution >= 0.6 is 0 Å². The second-order valence-electron chi connectivity index (χ2n) is 5.32. The van der Waals surface area contributed by atoms with Crippen molar-refractivity contribution >= 4 is 5.65 Å². The monoisotopic (exact) mass is 281 g/mol. The Bertz CT molecular complexity index is 729. The smallest absolute Gasteiger partial charge is 0.137 e. The van der Waals surface area contributed by atoms with Crippen molar-refractivity contribution in [2.45, 2.75) is 26.5 Å². The molecule has 0 radical (unpaired) electrons. The second kappa shape index (κ2) is 5.58. The Morgan fingerprint density at radius 2 is 2.14 bits per heavy atom. The SMILES string of the molecule is Cc1ccc([C@@H](C)N)c(OCc2cn3ccccc3n2)c1. The number of pyridine rings is 1. The molecule has 1 atom stereocenters. The first-order chi connectivity index (χ1) is 10.1. The lowest BCUT2D eigenvalue weighted by molar-refractivity contribution is 0.297. The molecule has 0 aliphatic heterocycles. The van der Waals surface area contributed by atoms with Crippen LogP contribution in [-0.2, 0) is 6.61 Å². The molecule has 2 aromatic heterocycles. The number of nitrogens with zero attached hydrogens (tertiary/aromatic N) is 2. The van der Waals surface area contributed by atoms with Gasteiger partial charge >= 0.3 is 0 Å². The number of aryl methyl sites for hydroxylation is 1. The van der Waals surface area contributed by atoms with E-state index in [0.29, 0.717) is 6.61 Å². The number of ether oxygens (including phenoxy) is 1. The van der Waals surface area contributed by atoms with E-state index in [-0.39, 0.29) is 6.04 Å². The van der Waals surface area contributed by atoms with Gasteiger partial charge in [-0.3, -0.25) is 0 Å². The van der Waals surface area contributed by atoms with Crippen molar-refractivity contribution < 1.29 is 4.74 Å². The van der Waals surface area contributed by atoms with E-state index in [1.165, 1.54) is 0 Å². The van der Waals surface area contributed by atoms with Gasteiger partial charge in [-0.05, 0) is 37.6 Å². The Balaban J connectivity index is 1.82. The zero-order valence-corrected chi connectivity index (χ0v) is 12.3. The summed E-state index contributed by atoms with van der Waals surface area (Å²) in [6.45, 7) is 4.44. The Morgan fingerprint density at radius 3 is 2.90 bits per heavy atom. The van der Waals surface area contributed by atoms with E-state index in [9.17, 15) is 0 Å². The minimum Gasteiger partial charge on any atom is -0.487 e. The van der Waals surface area contributed by atoms with Gasteiger partial charge in [-0.15, -0.1) is 0 Å². The number of rotatable bonds is 4. The molecule has 4 heteroatoms. The molecule has 108 valence electrons. The first-order valence-corrected chi connectivity index (χ1v) is 7.05. The van der Waals surface area contributed by atoms with Crippen molar-refractivity contribution in [2.75, 3.05) is 0 Å². The van der Waals surface area contributed by atoms with Gasteiger partial charge < -0.3 is 14.9 Å². The third kappa shape index (κ3) is 2.90. The molecule has 0 aliphatic rings. The van der Waals surface area contributed by atoms with Crippen LogP contribution in [0.25, 0.3) is 5.65 Å². The molecule has 0 saturated carbocycles. The molecule has 2 N–H and O–H groups in total. The van der Waals surface area contributed by atoms with E-state index in [0.717, 1.165) is 28.2 Å². The summed E-state index contributed by atoms with van der Waals surface area (Å²) in [4.78, 5) is 4.53. The Hall–Kier alpha value is -2.33. The lowest BCUT2D eigenvalue weighted by atomic mass is 10.1. The van der Waals surface area contributed by atoms with Gasteiger partial charge in [0.1, 0.15) is 18.0 Å². The normalized spacial score (nSPS) is 12.5. The highest BCUT2D eigenvalue weighted by atomic mass is 16.5. The quantitative estimate of drug-likeness (QED) is 0.798. The third-order valence-corrected chi connectivity index (χ3v) is 3.45. The van der Waals surface area contributed by atoms with Crippen LogP contribution in [0.5, 0.6) is 5.75 Å². The predicted octanol–water partition coefficient (Wildman–Crippen LogP) is 3.24. The fourth-order valence-corrected chi connectivity index (χ4v) is 2.35. The molecule has 0 spiro atoms. The van der Waals surface area contributed by atoms with E-state index in [4.69, 9.17) is 10.5 Å². The van der Waals surface area contributed by atoms with Crippen molar-refractivity contribution in [3.05, 3.63) is 65.6 Å². The van der Waals surface area contributed by atoms with E-state index >= 15 is 0 Å². The summed E-state index contributed by atoms with van der Waals surface area (Å²) in [7, 11) is 0. The minimum atomic E-state index is -0.0540. The van der Waals surface area contributed by atoms with E-state index in [2.05, 4.69) is 11.1 Å². The van der Waals surface area contributed by atoms with Crippen LogP contribution in [0, 0.1) is 6.92 Å². The van der Waals surface area contributed by atoms with Crippen molar-refractivity contribution in [1.29, 1.82) is 0 Å². The van der Waals surface area contributed by atoms with Crippen LogP contribution in [0.2, 0.25) is 0 Å². The van der Waals surface area contributed by atoms with Crippen molar-refractivity contribution in [1.82, 2.24) is 9.38 Å². The molecule has 1 aromatic carbocycles. The Morgan fingerprint density at radius 1 is 1.29 bits per heavy atom. The highest BCUT2D eigenvalue weighted by Gasteiger charge is 2.09. The standard InChI is InChI=1S/C17H19N3O/c1-12-6-7-15(13(2)18)16(9-12)21-11-14-10-20-8-4-3-5-17(20)19-14/h3-10,13H,11,18H2,1-2H3/t13-/m1/s1. The number of nitrogens with two attached hydrogens (primary N) is 1. The summed E-state index contributed by atoms with van der Waals surface area (Å²) in [5.41, 5.74) is 9.99. The third-order valence-electron chi connectivity index (χ3n) is 3.45. The lowest BCUT2D eigenvalue weighted by Crippen LogP contribution is -2.08.